The molecule has 5 aliphatic rings. The summed E-state index contributed by atoms with van der Waals surface area (Å²) in [5.41, 5.74) is 0. The molecule has 1 atom stereocenters. The second-order valence-corrected chi connectivity index (χ2v) is 7.64. The maximum atomic E-state index is 6.42. The largest absolute Gasteiger partial charge is 0.376 e. The van der Waals surface area contributed by atoms with Gasteiger partial charge in [0.1, 0.15) is 0 Å². The maximum absolute atomic E-state index is 6.42. The highest BCUT2D eigenvalue weighted by atomic mass is 16.5. The van der Waals surface area contributed by atoms with Crippen molar-refractivity contribution in [3.63, 3.8) is 0 Å². The topological polar surface area (TPSA) is 24.5 Å². The Morgan fingerprint density at radius 2 is 1.74 bits per heavy atom. The minimum atomic E-state index is 0.552. The Morgan fingerprint density at radius 3 is 2.37 bits per heavy atom. The van der Waals surface area contributed by atoms with E-state index >= 15 is 0 Å². The van der Waals surface area contributed by atoms with Crippen LogP contribution in [0.1, 0.15) is 32.1 Å². The van der Waals surface area contributed by atoms with Gasteiger partial charge in [0, 0.05) is 25.7 Å². The van der Waals surface area contributed by atoms with Crippen molar-refractivity contribution >= 4 is 0 Å². The summed E-state index contributed by atoms with van der Waals surface area (Å²) in [5.74, 6) is 3.91. The van der Waals surface area contributed by atoms with Gasteiger partial charge in [0.15, 0.2) is 0 Å². The molecule has 5 fully saturated rings. The molecule has 3 nitrogen and oxygen atoms in total. The predicted molar refractivity (Wildman–Crippen MR) is 76.1 cm³/mol. The summed E-state index contributed by atoms with van der Waals surface area (Å²) in [5, 5.41) is 3.61. The van der Waals surface area contributed by atoms with Gasteiger partial charge in [0.25, 0.3) is 0 Å². The van der Waals surface area contributed by atoms with Crippen molar-refractivity contribution in [2.75, 3.05) is 33.3 Å². The second-order valence-electron chi connectivity index (χ2n) is 7.64. The van der Waals surface area contributed by atoms with Crippen LogP contribution in [-0.4, -0.2) is 50.3 Å². The lowest BCUT2D eigenvalue weighted by Crippen LogP contribution is -2.54. The number of likely N-dealkylation sites (N-methyl/N-ethyl adjacent to an activating group) is 1. The van der Waals surface area contributed by atoms with Gasteiger partial charge in [-0.15, -0.1) is 0 Å². The fourth-order valence-corrected chi connectivity index (χ4v) is 5.48. The third-order valence-corrected chi connectivity index (χ3v) is 6.09. The molecule has 0 aromatic carbocycles. The van der Waals surface area contributed by atoms with Crippen LogP contribution in [0.2, 0.25) is 0 Å². The van der Waals surface area contributed by atoms with Crippen molar-refractivity contribution in [2.45, 2.75) is 44.2 Å². The summed E-state index contributed by atoms with van der Waals surface area (Å²) < 4.78 is 6.42. The summed E-state index contributed by atoms with van der Waals surface area (Å²) in [6.07, 6.45) is 8.01. The van der Waals surface area contributed by atoms with E-state index in [-0.39, 0.29) is 0 Å². The Balaban J connectivity index is 1.33. The van der Waals surface area contributed by atoms with E-state index in [0.717, 1.165) is 43.4 Å². The number of rotatable bonds is 3. The molecule has 4 bridgehead atoms. The van der Waals surface area contributed by atoms with Crippen LogP contribution in [0, 0.1) is 23.7 Å². The Kier molecular flexibility index (Phi) is 3.33. The summed E-state index contributed by atoms with van der Waals surface area (Å²) in [6.45, 7) is 4.37. The molecule has 0 spiro atoms. The highest BCUT2D eigenvalue weighted by Gasteiger charge is 2.48. The monoisotopic (exact) mass is 264 g/mol. The van der Waals surface area contributed by atoms with Crippen molar-refractivity contribution in [1.29, 1.82) is 0 Å². The molecule has 0 radical (unpaired) electrons. The zero-order chi connectivity index (χ0) is 12.8. The molecule has 19 heavy (non-hydrogen) atoms. The lowest BCUT2D eigenvalue weighted by Gasteiger charge is -2.54. The van der Waals surface area contributed by atoms with Gasteiger partial charge >= 0.3 is 0 Å². The molecule has 3 heteroatoms. The number of hydrogen-bond acceptors (Lipinski definition) is 3. The molecule has 1 heterocycles. The van der Waals surface area contributed by atoms with Crippen molar-refractivity contribution in [3.8, 4) is 0 Å². The van der Waals surface area contributed by atoms with Crippen LogP contribution in [0.5, 0.6) is 0 Å². The van der Waals surface area contributed by atoms with Crippen LogP contribution in [0.25, 0.3) is 0 Å². The highest BCUT2D eigenvalue weighted by Crippen LogP contribution is 2.54. The first-order valence-corrected chi connectivity index (χ1v) is 8.31. The van der Waals surface area contributed by atoms with Crippen LogP contribution in [0.15, 0.2) is 0 Å². The van der Waals surface area contributed by atoms with E-state index in [1.807, 2.05) is 0 Å². The number of ether oxygens (including phenoxy) is 1. The van der Waals surface area contributed by atoms with Crippen molar-refractivity contribution in [2.24, 2.45) is 23.7 Å². The van der Waals surface area contributed by atoms with Gasteiger partial charge in [-0.3, -0.25) is 0 Å². The standard InChI is InChI=1S/C16H28N2O/c1-18-3-2-17-15(9-18)10-19-16-13-5-11-4-12(7-13)8-14(16)6-11/h11-17H,2-10H2,1H3. The van der Waals surface area contributed by atoms with Gasteiger partial charge in [0.2, 0.25) is 0 Å². The van der Waals surface area contributed by atoms with Crippen molar-refractivity contribution < 1.29 is 4.74 Å². The lowest BCUT2D eigenvalue weighted by atomic mass is 9.55. The van der Waals surface area contributed by atoms with E-state index in [9.17, 15) is 0 Å². The summed E-state index contributed by atoms with van der Waals surface area (Å²) in [4.78, 5) is 2.42. The van der Waals surface area contributed by atoms with Crippen LogP contribution in [0.4, 0.5) is 0 Å². The van der Waals surface area contributed by atoms with E-state index in [0.29, 0.717) is 12.1 Å². The van der Waals surface area contributed by atoms with Crippen molar-refractivity contribution in [1.82, 2.24) is 10.2 Å². The van der Waals surface area contributed by atoms with Gasteiger partial charge < -0.3 is 15.0 Å². The molecule has 0 amide bonds. The summed E-state index contributed by atoms with van der Waals surface area (Å²) in [7, 11) is 2.22. The molecule has 1 saturated heterocycles. The minimum absolute atomic E-state index is 0.552. The molecule has 4 aliphatic carbocycles. The molecular weight excluding hydrogens is 236 g/mol. The third kappa shape index (κ3) is 2.45. The first kappa shape index (κ1) is 12.6. The van der Waals surface area contributed by atoms with E-state index in [1.54, 1.807) is 0 Å². The fourth-order valence-electron chi connectivity index (χ4n) is 5.48. The first-order chi connectivity index (χ1) is 9.28. The van der Waals surface area contributed by atoms with E-state index in [4.69, 9.17) is 4.74 Å². The number of nitrogens with zero attached hydrogens (tertiary/aromatic N) is 1. The van der Waals surface area contributed by atoms with Gasteiger partial charge in [0.05, 0.1) is 12.7 Å². The Bertz CT molecular complexity index is 305. The Hall–Kier alpha value is -0.120. The number of nitrogens with one attached hydrogen (secondary N) is 1. The third-order valence-electron chi connectivity index (χ3n) is 6.09. The van der Waals surface area contributed by atoms with Crippen LogP contribution >= 0.6 is 0 Å². The van der Waals surface area contributed by atoms with Crippen LogP contribution < -0.4 is 5.32 Å². The van der Waals surface area contributed by atoms with Gasteiger partial charge in [-0.05, 0) is 62.8 Å². The zero-order valence-electron chi connectivity index (χ0n) is 12.2. The van der Waals surface area contributed by atoms with Crippen LogP contribution in [-0.2, 0) is 4.74 Å². The first-order valence-electron chi connectivity index (χ1n) is 8.31. The SMILES string of the molecule is CN1CCNC(COC2C3CC4CC(C3)CC2C4)C1. The van der Waals surface area contributed by atoms with Crippen LogP contribution in [0.3, 0.4) is 0 Å². The molecular formula is C16H28N2O. The van der Waals surface area contributed by atoms with Gasteiger partial charge in [-0.25, -0.2) is 0 Å². The maximum Gasteiger partial charge on any atom is 0.0636 e. The average molecular weight is 264 g/mol. The quantitative estimate of drug-likeness (QED) is 0.840. The molecule has 5 rings (SSSR count). The molecule has 1 N–H and O–H groups in total. The molecule has 1 unspecified atom stereocenters. The van der Waals surface area contributed by atoms with E-state index in [1.165, 1.54) is 38.6 Å². The van der Waals surface area contributed by atoms with Gasteiger partial charge in [-0.1, -0.05) is 0 Å². The highest BCUT2D eigenvalue weighted by molar-refractivity contribution is 4.99. The minimum Gasteiger partial charge on any atom is -0.376 e. The molecule has 0 aromatic rings. The number of hydrogen-bond donors (Lipinski definition) is 1. The summed E-state index contributed by atoms with van der Waals surface area (Å²) in [6, 6.07) is 0.552. The second kappa shape index (κ2) is 5.01. The summed E-state index contributed by atoms with van der Waals surface area (Å²) >= 11 is 0. The predicted octanol–water partition coefficient (Wildman–Crippen LogP) is 1.73. The normalized spacial score (nSPS) is 49.7. The van der Waals surface area contributed by atoms with E-state index in [2.05, 4.69) is 17.3 Å². The smallest absolute Gasteiger partial charge is 0.0636 e. The molecule has 4 saturated carbocycles. The zero-order valence-corrected chi connectivity index (χ0v) is 12.2. The van der Waals surface area contributed by atoms with E-state index < -0.39 is 0 Å². The Morgan fingerprint density at radius 1 is 1.05 bits per heavy atom. The number of piperazine rings is 1. The fraction of sp³-hybridized carbons (Fsp3) is 1.00. The molecule has 0 aromatic heterocycles. The van der Waals surface area contributed by atoms with Gasteiger partial charge in [-0.2, -0.15) is 0 Å². The molecule has 108 valence electrons. The van der Waals surface area contributed by atoms with Crippen molar-refractivity contribution in [3.05, 3.63) is 0 Å². The Labute approximate surface area is 117 Å². The lowest BCUT2D eigenvalue weighted by molar-refractivity contribution is -0.131. The molecule has 1 aliphatic heterocycles. The average Bonchev–Trinajstić information content (AvgIpc) is 2.37.